The number of furan rings is 1. The summed E-state index contributed by atoms with van der Waals surface area (Å²) in [5, 5.41) is 9.73. The minimum absolute atomic E-state index is 0.0396. The number of carbonyl (C=O) groups excluding carboxylic acids is 2. The first-order valence-electron chi connectivity index (χ1n) is 7.11. The molecule has 2 N–H and O–H groups in total. The lowest BCUT2D eigenvalue weighted by Gasteiger charge is -2.22. The first kappa shape index (κ1) is 14.3. The summed E-state index contributed by atoms with van der Waals surface area (Å²) in [5.74, 6) is 1.15. The van der Waals surface area contributed by atoms with Crippen LogP contribution < -0.4 is 10.6 Å². The molecule has 0 bridgehead atoms. The average Bonchev–Trinajstić information content (AvgIpc) is 3.12. The Morgan fingerprint density at radius 1 is 1.59 bits per heavy atom. The van der Waals surface area contributed by atoms with Crippen molar-refractivity contribution in [3.05, 3.63) is 30.0 Å². The van der Waals surface area contributed by atoms with E-state index >= 15 is 0 Å². The molecule has 0 radical (unpaired) electrons. The van der Waals surface area contributed by atoms with E-state index in [1.165, 1.54) is 4.68 Å². The normalized spacial score (nSPS) is 17.2. The Balaban J connectivity index is 1.78. The van der Waals surface area contributed by atoms with Crippen LogP contribution in [-0.2, 0) is 16.1 Å². The Bertz CT molecular complexity index is 689. The van der Waals surface area contributed by atoms with E-state index in [4.69, 9.17) is 4.42 Å². The van der Waals surface area contributed by atoms with Gasteiger partial charge in [0, 0.05) is 5.92 Å². The van der Waals surface area contributed by atoms with E-state index in [1.807, 2.05) is 13.8 Å². The highest BCUT2D eigenvalue weighted by atomic mass is 16.3. The second-order valence-electron chi connectivity index (χ2n) is 5.46. The molecule has 116 valence electrons. The maximum Gasteiger partial charge on any atom is 0.245 e. The van der Waals surface area contributed by atoms with Crippen molar-refractivity contribution in [3.8, 4) is 0 Å². The average molecular weight is 303 g/mol. The summed E-state index contributed by atoms with van der Waals surface area (Å²) in [5.41, 5.74) is 0. The van der Waals surface area contributed by atoms with Gasteiger partial charge in [-0.25, -0.2) is 4.68 Å². The summed E-state index contributed by atoms with van der Waals surface area (Å²) in [7, 11) is 0. The van der Waals surface area contributed by atoms with E-state index in [0.29, 0.717) is 17.5 Å². The molecule has 0 spiro atoms. The van der Waals surface area contributed by atoms with Crippen molar-refractivity contribution >= 4 is 17.8 Å². The van der Waals surface area contributed by atoms with Crippen LogP contribution in [0.5, 0.6) is 0 Å². The number of fused-ring (bicyclic) bond motifs is 1. The molecule has 1 aliphatic heterocycles. The fraction of sp³-hybridized carbons (Fsp3) is 0.429. The molecule has 1 aliphatic rings. The second-order valence-corrected chi connectivity index (χ2v) is 5.46. The van der Waals surface area contributed by atoms with Gasteiger partial charge >= 0.3 is 0 Å². The number of hydrogen-bond acceptors (Lipinski definition) is 5. The van der Waals surface area contributed by atoms with Crippen LogP contribution in [0.4, 0.5) is 5.95 Å². The molecule has 22 heavy (non-hydrogen) atoms. The molecular weight excluding hydrogens is 286 g/mol. The van der Waals surface area contributed by atoms with Gasteiger partial charge in [-0.1, -0.05) is 13.8 Å². The molecule has 2 aromatic heterocycles. The Hall–Kier alpha value is -2.64. The molecule has 3 rings (SSSR count). The second kappa shape index (κ2) is 5.63. The van der Waals surface area contributed by atoms with E-state index in [0.717, 1.165) is 0 Å². The van der Waals surface area contributed by atoms with Gasteiger partial charge in [0.2, 0.25) is 17.8 Å². The number of rotatable bonds is 4. The number of aromatic nitrogens is 3. The van der Waals surface area contributed by atoms with Gasteiger partial charge in [-0.05, 0) is 12.1 Å². The van der Waals surface area contributed by atoms with Crippen molar-refractivity contribution < 1.29 is 14.0 Å². The maximum absolute atomic E-state index is 12.4. The highest BCUT2D eigenvalue weighted by Crippen LogP contribution is 2.24. The van der Waals surface area contributed by atoms with Crippen molar-refractivity contribution in [1.29, 1.82) is 0 Å². The van der Waals surface area contributed by atoms with Crippen molar-refractivity contribution in [1.82, 2.24) is 20.1 Å². The molecule has 0 saturated heterocycles. The molecule has 1 atom stereocenters. The van der Waals surface area contributed by atoms with Gasteiger partial charge in [-0.3, -0.25) is 14.9 Å². The third kappa shape index (κ3) is 2.72. The smallest absolute Gasteiger partial charge is 0.245 e. The van der Waals surface area contributed by atoms with Crippen molar-refractivity contribution in [2.75, 3.05) is 5.32 Å². The van der Waals surface area contributed by atoms with Crippen LogP contribution in [-0.4, -0.2) is 26.6 Å². The Kier molecular flexibility index (Phi) is 3.66. The van der Waals surface area contributed by atoms with E-state index in [9.17, 15) is 9.59 Å². The van der Waals surface area contributed by atoms with Gasteiger partial charge < -0.3 is 9.73 Å². The van der Waals surface area contributed by atoms with Crippen LogP contribution in [0.15, 0.2) is 22.8 Å². The van der Waals surface area contributed by atoms with Crippen molar-refractivity contribution in [2.45, 2.75) is 38.8 Å². The third-order valence-electron chi connectivity index (χ3n) is 3.41. The predicted octanol–water partition coefficient (Wildman–Crippen LogP) is 1.19. The highest BCUT2D eigenvalue weighted by molar-refractivity contribution is 5.96. The lowest BCUT2D eigenvalue weighted by atomic mass is 10.1. The number of hydrogen-bond donors (Lipinski definition) is 2. The third-order valence-corrected chi connectivity index (χ3v) is 3.41. The van der Waals surface area contributed by atoms with Crippen LogP contribution in [0.25, 0.3) is 0 Å². The van der Waals surface area contributed by atoms with Gasteiger partial charge in [0.1, 0.15) is 11.8 Å². The van der Waals surface area contributed by atoms with E-state index in [1.54, 1.807) is 18.4 Å². The summed E-state index contributed by atoms with van der Waals surface area (Å²) >= 11 is 0. The molecular formula is C14H17N5O3. The van der Waals surface area contributed by atoms with Crippen LogP contribution in [0, 0.1) is 0 Å². The number of nitrogens with one attached hydrogen (secondary N) is 2. The molecule has 3 heterocycles. The van der Waals surface area contributed by atoms with Gasteiger partial charge in [0.05, 0.1) is 19.2 Å². The monoisotopic (exact) mass is 303 g/mol. The minimum atomic E-state index is -0.696. The maximum atomic E-state index is 12.4. The lowest BCUT2D eigenvalue weighted by molar-refractivity contribution is -0.129. The number of amides is 2. The summed E-state index contributed by atoms with van der Waals surface area (Å²) in [6.45, 7) is 4.18. The van der Waals surface area contributed by atoms with E-state index in [-0.39, 0.29) is 30.7 Å². The summed E-state index contributed by atoms with van der Waals surface area (Å²) in [4.78, 5) is 28.4. The SMILES string of the molecule is CC(C)c1nc2n(n1)[C@H](C(=O)NCc1ccco1)CC(=O)N2. The summed E-state index contributed by atoms with van der Waals surface area (Å²) in [6, 6.07) is 2.82. The van der Waals surface area contributed by atoms with Gasteiger partial charge in [0.25, 0.3) is 0 Å². The summed E-state index contributed by atoms with van der Waals surface area (Å²) < 4.78 is 6.65. The molecule has 0 aliphatic carbocycles. The van der Waals surface area contributed by atoms with Crippen LogP contribution in [0.2, 0.25) is 0 Å². The first-order valence-corrected chi connectivity index (χ1v) is 7.11. The first-order chi connectivity index (χ1) is 10.5. The standard InChI is InChI=1S/C14H17N5O3/c1-8(2)12-17-14-16-11(20)6-10(19(14)18-12)13(21)15-7-9-4-3-5-22-9/h3-5,8,10H,6-7H2,1-2H3,(H,15,21)(H,16,17,18,20)/t10-/m0/s1. The zero-order valence-corrected chi connectivity index (χ0v) is 12.4. The molecule has 2 aromatic rings. The zero-order valence-electron chi connectivity index (χ0n) is 12.4. The minimum Gasteiger partial charge on any atom is -0.467 e. The molecule has 0 saturated carbocycles. The number of carbonyl (C=O) groups is 2. The molecule has 0 aromatic carbocycles. The van der Waals surface area contributed by atoms with E-state index in [2.05, 4.69) is 20.7 Å². The molecule has 8 nitrogen and oxygen atoms in total. The fourth-order valence-electron chi connectivity index (χ4n) is 2.23. The Morgan fingerprint density at radius 2 is 2.41 bits per heavy atom. The van der Waals surface area contributed by atoms with Crippen LogP contribution in [0.3, 0.4) is 0 Å². The van der Waals surface area contributed by atoms with E-state index < -0.39 is 6.04 Å². The molecule has 2 amide bonds. The topological polar surface area (TPSA) is 102 Å². The lowest BCUT2D eigenvalue weighted by Crippen LogP contribution is -2.39. The number of nitrogens with zero attached hydrogens (tertiary/aromatic N) is 3. The van der Waals surface area contributed by atoms with Gasteiger partial charge in [-0.2, -0.15) is 10.1 Å². The van der Waals surface area contributed by atoms with Crippen LogP contribution in [0.1, 0.15) is 43.8 Å². The molecule has 8 heteroatoms. The Morgan fingerprint density at radius 3 is 3.09 bits per heavy atom. The molecule has 0 unspecified atom stereocenters. The largest absolute Gasteiger partial charge is 0.467 e. The number of anilines is 1. The van der Waals surface area contributed by atoms with Gasteiger partial charge in [0.15, 0.2) is 5.82 Å². The summed E-state index contributed by atoms with van der Waals surface area (Å²) in [6.07, 6.45) is 1.58. The molecule has 0 fully saturated rings. The highest BCUT2D eigenvalue weighted by Gasteiger charge is 2.33. The quantitative estimate of drug-likeness (QED) is 0.883. The predicted molar refractivity (Wildman–Crippen MR) is 76.9 cm³/mol. The van der Waals surface area contributed by atoms with Crippen molar-refractivity contribution in [2.24, 2.45) is 0 Å². The fourth-order valence-corrected chi connectivity index (χ4v) is 2.23. The Labute approximate surface area is 126 Å². The zero-order chi connectivity index (χ0) is 15.7. The van der Waals surface area contributed by atoms with Crippen molar-refractivity contribution in [3.63, 3.8) is 0 Å². The van der Waals surface area contributed by atoms with Crippen LogP contribution >= 0.6 is 0 Å². The van der Waals surface area contributed by atoms with Gasteiger partial charge in [-0.15, -0.1) is 0 Å².